The van der Waals surface area contributed by atoms with Crippen LogP contribution in [-0.2, 0) is 9.53 Å². The second kappa shape index (κ2) is 5.46. The molecule has 4 nitrogen and oxygen atoms in total. The number of rotatable bonds is 4. The zero-order valence-electron chi connectivity index (χ0n) is 8.94. The van der Waals surface area contributed by atoms with E-state index in [0.717, 1.165) is 6.07 Å². The molecule has 0 aliphatic carbocycles. The Morgan fingerprint density at radius 3 is 2.88 bits per heavy atom. The molecule has 0 unspecified atom stereocenters. The van der Waals surface area contributed by atoms with Crippen LogP contribution in [0.25, 0.3) is 0 Å². The molecule has 88 valence electrons. The number of ether oxygens (including phenoxy) is 1. The minimum Gasteiger partial charge on any atom is -0.505 e. The van der Waals surface area contributed by atoms with Gasteiger partial charge in [0.2, 0.25) is 0 Å². The van der Waals surface area contributed by atoms with E-state index in [1.54, 1.807) is 6.92 Å². The summed E-state index contributed by atoms with van der Waals surface area (Å²) >= 11 is 0. The highest BCUT2D eigenvalue weighted by molar-refractivity contribution is 5.70. The second-order valence-corrected chi connectivity index (χ2v) is 3.33. The Balaban J connectivity index is 2.69. The minimum absolute atomic E-state index is 0.0158. The summed E-state index contributed by atoms with van der Waals surface area (Å²) in [6.07, 6.45) is -0.0158. The first kappa shape index (κ1) is 12.4. The zero-order valence-corrected chi connectivity index (χ0v) is 8.94. The topological polar surface area (TPSA) is 72.5 Å². The number of hydrogen-bond acceptors (Lipinski definition) is 4. The van der Waals surface area contributed by atoms with E-state index in [4.69, 9.17) is 15.6 Å². The van der Waals surface area contributed by atoms with Gasteiger partial charge in [0, 0.05) is 6.04 Å². The lowest BCUT2D eigenvalue weighted by molar-refractivity contribution is -0.143. The summed E-state index contributed by atoms with van der Waals surface area (Å²) < 4.78 is 17.7. The molecule has 1 atom stereocenters. The molecular weight excluding hydrogens is 213 g/mol. The van der Waals surface area contributed by atoms with Gasteiger partial charge in [-0.3, -0.25) is 4.79 Å². The van der Waals surface area contributed by atoms with E-state index in [0.29, 0.717) is 5.56 Å². The van der Waals surface area contributed by atoms with Crippen molar-refractivity contribution < 1.29 is 19.0 Å². The molecule has 1 aromatic rings. The Hall–Kier alpha value is -1.62. The molecule has 1 aromatic carbocycles. The second-order valence-electron chi connectivity index (χ2n) is 3.33. The molecule has 0 saturated heterocycles. The number of carbonyl (C=O) groups is 1. The van der Waals surface area contributed by atoms with Crippen molar-refractivity contribution in [3.8, 4) is 5.75 Å². The van der Waals surface area contributed by atoms with E-state index in [1.165, 1.54) is 12.1 Å². The number of carbonyl (C=O) groups excluding carboxylic acids is 1. The van der Waals surface area contributed by atoms with Crippen molar-refractivity contribution in [3.05, 3.63) is 29.6 Å². The van der Waals surface area contributed by atoms with Gasteiger partial charge < -0.3 is 15.6 Å². The van der Waals surface area contributed by atoms with Crippen LogP contribution < -0.4 is 5.73 Å². The average molecular weight is 227 g/mol. The predicted octanol–water partition coefficient (Wildman–Crippen LogP) is 1.48. The fourth-order valence-corrected chi connectivity index (χ4v) is 1.27. The minimum atomic E-state index is -0.753. The lowest BCUT2D eigenvalue weighted by Crippen LogP contribution is -2.17. The maximum atomic E-state index is 13.0. The van der Waals surface area contributed by atoms with Crippen molar-refractivity contribution in [2.24, 2.45) is 5.73 Å². The van der Waals surface area contributed by atoms with Gasteiger partial charge in [-0.25, -0.2) is 4.39 Å². The Morgan fingerprint density at radius 1 is 1.62 bits per heavy atom. The Bertz CT molecular complexity index is 381. The van der Waals surface area contributed by atoms with Crippen LogP contribution in [0.5, 0.6) is 5.75 Å². The van der Waals surface area contributed by atoms with Crippen molar-refractivity contribution in [1.29, 1.82) is 0 Å². The molecule has 0 radical (unpaired) electrons. The van der Waals surface area contributed by atoms with Gasteiger partial charge in [-0.05, 0) is 24.6 Å². The number of benzene rings is 1. The summed E-state index contributed by atoms with van der Waals surface area (Å²) in [4.78, 5) is 11.1. The molecule has 0 aliphatic heterocycles. The fourth-order valence-electron chi connectivity index (χ4n) is 1.27. The summed E-state index contributed by atoms with van der Waals surface area (Å²) in [5.41, 5.74) is 6.14. The zero-order chi connectivity index (χ0) is 12.1. The molecule has 0 spiro atoms. The van der Waals surface area contributed by atoms with Crippen molar-refractivity contribution in [2.75, 3.05) is 6.61 Å². The van der Waals surface area contributed by atoms with E-state index in [9.17, 15) is 9.18 Å². The van der Waals surface area contributed by atoms with Gasteiger partial charge in [-0.1, -0.05) is 6.07 Å². The number of esters is 1. The van der Waals surface area contributed by atoms with Crippen LogP contribution in [0.15, 0.2) is 18.2 Å². The van der Waals surface area contributed by atoms with E-state index in [-0.39, 0.29) is 13.0 Å². The van der Waals surface area contributed by atoms with Gasteiger partial charge in [0.15, 0.2) is 11.6 Å². The molecule has 0 amide bonds. The molecule has 0 fully saturated rings. The highest BCUT2D eigenvalue weighted by Gasteiger charge is 2.14. The standard InChI is InChI=1S/C11H14FNO3/c1-2-16-11(15)6-9(13)7-3-4-10(14)8(12)5-7/h3-5,9,14H,2,6,13H2,1H3/t9-/m0/s1. The third-order valence-electron chi connectivity index (χ3n) is 2.09. The van der Waals surface area contributed by atoms with Crippen molar-refractivity contribution >= 4 is 5.97 Å². The molecule has 3 N–H and O–H groups in total. The van der Waals surface area contributed by atoms with Gasteiger partial charge in [0.1, 0.15) is 0 Å². The molecule has 0 saturated carbocycles. The SMILES string of the molecule is CCOC(=O)C[C@H](N)c1ccc(O)c(F)c1. The first-order valence-corrected chi connectivity index (χ1v) is 4.94. The lowest BCUT2D eigenvalue weighted by Gasteiger charge is -2.11. The summed E-state index contributed by atoms with van der Waals surface area (Å²) in [6.45, 7) is 1.99. The van der Waals surface area contributed by atoms with Crippen LogP contribution in [0.2, 0.25) is 0 Å². The van der Waals surface area contributed by atoms with Gasteiger partial charge >= 0.3 is 5.97 Å². The van der Waals surface area contributed by atoms with E-state index in [2.05, 4.69) is 0 Å². The Morgan fingerprint density at radius 2 is 2.31 bits per heavy atom. The number of aromatic hydroxyl groups is 1. The largest absolute Gasteiger partial charge is 0.505 e. The molecular formula is C11H14FNO3. The Labute approximate surface area is 92.8 Å². The Kier molecular flexibility index (Phi) is 4.25. The molecule has 0 heterocycles. The van der Waals surface area contributed by atoms with Gasteiger partial charge in [0.05, 0.1) is 13.0 Å². The fraction of sp³-hybridized carbons (Fsp3) is 0.364. The van der Waals surface area contributed by atoms with Crippen LogP contribution in [0, 0.1) is 5.82 Å². The van der Waals surface area contributed by atoms with Crippen LogP contribution in [0.1, 0.15) is 24.9 Å². The van der Waals surface area contributed by atoms with Gasteiger partial charge in [-0.15, -0.1) is 0 Å². The monoisotopic (exact) mass is 227 g/mol. The van der Waals surface area contributed by atoms with E-state index in [1.807, 2.05) is 0 Å². The maximum absolute atomic E-state index is 13.0. The number of nitrogens with two attached hydrogens (primary N) is 1. The van der Waals surface area contributed by atoms with Crippen molar-refractivity contribution in [3.63, 3.8) is 0 Å². The van der Waals surface area contributed by atoms with Crippen molar-refractivity contribution in [1.82, 2.24) is 0 Å². The van der Waals surface area contributed by atoms with Gasteiger partial charge in [-0.2, -0.15) is 0 Å². The summed E-state index contributed by atoms with van der Waals surface area (Å²) in [7, 11) is 0. The number of halogens is 1. The van der Waals surface area contributed by atoms with Gasteiger partial charge in [0.25, 0.3) is 0 Å². The average Bonchev–Trinajstić information content (AvgIpc) is 2.22. The third-order valence-corrected chi connectivity index (χ3v) is 2.09. The summed E-state index contributed by atoms with van der Waals surface area (Å²) in [5, 5.41) is 8.98. The molecule has 5 heteroatoms. The normalized spacial score (nSPS) is 12.2. The first-order chi connectivity index (χ1) is 7.54. The molecule has 0 aromatic heterocycles. The summed E-state index contributed by atoms with van der Waals surface area (Å²) in [5.74, 6) is -1.62. The van der Waals surface area contributed by atoms with Crippen molar-refractivity contribution in [2.45, 2.75) is 19.4 Å². The molecule has 1 rings (SSSR count). The lowest BCUT2D eigenvalue weighted by atomic mass is 10.0. The number of phenolic OH excluding ortho intramolecular Hbond substituents is 1. The third kappa shape index (κ3) is 3.20. The smallest absolute Gasteiger partial charge is 0.307 e. The highest BCUT2D eigenvalue weighted by Crippen LogP contribution is 2.21. The first-order valence-electron chi connectivity index (χ1n) is 4.94. The van der Waals surface area contributed by atoms with Crippen LogP contribution in [0.3, 0.4) is 0 Å². The maximum Gasteiger partial charge on any atom is 0.307 e. The van der Waals surface area contributed by atoms with Crippen LogP contribution in [-0.4, -0.2) is 17.7 Å². The van der Waals surface area contributed by atoms with E-state index < -0.39 is 23.6 Å². The number of hydrogen-bond donors (Lipinski definition) is 2. The predicted molar refractivity (Wildman–Crippen MR) is 56.2 cm³/mol. The van der Waals surface area contributed by atoms with Crippen LogP contribution >= 0.6 is 0 Å². The quantitative estimate of drug-likeness (QED) is 0.764. The van der Waals surface area contributed by atoms with Crippen LogP contribution in [0.4, 0.5) is 4.39 Å². The summed E-state index contributed by atoms with van der Waals surface area (Å²) in [6, 6.07) is 3.16. The van der Waals surface area contributed by atoms with E-state index >= 15 is 0 Å². The molecule has 0 bridgehead atoms. The highest BCUT2D eigenvalue weighted by atomic mass is 19.1. The molecule has 0 aliphatic rings. The number of phenols is 1. The molecule has 16 heavy (non-hydrogen) atoms.